The predicted molar refractivity (Wildman–Crippen MR) is 60.1 cm³/mol. The number of fused-ring (bicyclic) bond motifs is 1. The molecule has 0 atom stereocenters. The minimum atomic E-state index is 0.163. The van der Waals surface area contributed by atoms with Gasteiger partial charge in [-0.2, -0.15) is 0 Å². The van der Waals surface area contributed by atoms with Crippen molar-refractivity contribution < 1.29 is 4.79 Å². The fourth-order valence-electron chi connectivity index (χ4n) is 1.83. The van der Waals surface area contributed by atoms with E-state index in [2.05, 4.69) is 31.0 Å². The van der Waals surface area contributed by atoms with Crippen molar-refractivity contribution in [3.63, 3.8) is 0 Å². The molecule has 3 heteroatoms. The van der Waals surface area contributed by atoms with Crippen LogP contribution in [-0.4, -0.2) is 17.9 Å². The minimum absolute atomic E-state index is 0.163. The average molecular weight is 204 g/mol. The van der Waals surface area contributed by atoms with Crippen LogP contribution in [0.4, 0.5) is 5.82 Å². The number of carbonyl (C=O) groups is 1. The van der Waals surface area contributed by atoms with Crippen molar-refractivity contribution in [3.05, 3.63) is 23.4 Å². The van der Waals surface area contributed by atoms with Crippen LogP contribution in [0.1, 0.15) is 37.4 Å². The van der Waals surface area contributed by atoms with Gasteiger partial charge in [-0.05, 0) is 24.0 Å². The molecule has 2 rings (SSSR count). The van der Waals surface area contributed by atoms with Gasteiger partial charge in [-0.25, -0.2) is 4.98 Å². The molecule has 2 heterocycles. The molecule has 0 spiro atoms. The first-order valence-electron chi connectivity index (χ1n) is 5.36. The highest BCUT2D eigenvalue weighted by Gasteiger charge is 2.22. The van der Waals surface area contributed by atoms with E-state index in [1.807, 2.05) is 0 Å². The number of pyridine rings is 1. The average Bonchev–Trinajstić information content (AvgIpc) is 2.23. The summed E-state index contributed by atoms with van der Waals surface area (Å²) in [6.45, 7) is 4.22. The second-order valence-electron chi connectivity index (χ2n) is 4.33. The van der Waals surface area contributed by atoms with Gasteiger partial charge in [-0.15, -0.1) is 0 Å². The molecule has 0 saturated heterocycles. The van der Waals surface area contributed by atoms with Gasteiger partial charge in [0.1, 0.15) is 5.82 Å². The maximum atomic E-state index is 11.5. The monoisotopic (exact) mass is 204 g/mol. The zero-order valence-corrected chi connectivity index (χ0v) is 9.45. The molecule has 1 amide bonds. The molecular weight excluding hydrogens is 188 g/mol. The molecule has 1 aromatic heterocycles. The molecule has 0 fully saturated rings. The van der Waals surface area contributed by atoms with E-state index in [0.717, 1.165) is 17.9 Å². The number of nitrogens with zero attached hydrogens (tertiary/aromatic N) is 2. The Labute approximate surface area is 90.1 Å². The summed E-state index contributed by atoms with van der Waals surface area (Å²) < 4.78 is 0. The molecule has 3 nitrogen and oxygen atoms in total. The van der Waals surface area contributed by atoms with Crippen LogP contribution < -0.4 is 4.90 Å². The summed E-state index contributed by atoms with van der Waals surface area (Å²) in [5.41, 5.74) is 2.23. The molecule has 0 N–H and O–H groups in total. The number of amides is 1. The second kappa shape index (κ2) is 3.65. The minimum Gasteiger partial charge on any atom is -0.300 e. The molecule has 15 heavy (non-hydrogen) atoms. The molecule has 1 aliphatic rings. The highest BCUT2D eigenvalue weighted by Crippen LogP contribution is 2.26. The molecule has 0 saturated carbocycles. The van der Waals surface area contributed by atoms with E-state index in [9.17, 15) is 4.79 Å². The molecular formula is C12H16N2O. The third kappa shape index (κ3) is 1.74. The zero-order valence-electron chi connectivity index (χ0n) is 9.45. The summed E-state index contributed by atoms with van der Waals surface area (Å²) in [6, 6.07) is 4.16. The Morgan fingerprint density at radius 3 is 2.73 bits per heavy atom. The summed E-state index contributed by atoms with van der Waals surface area (Å²) in [5, 5.41) is 0. The first-order chi connectivity index (χ1) is 7.09. The van der Waals surface area contributed by atoms with Crippen LogP contribution in [0.5, 0.6) is 0 Å². The standard InChI is InChI=1S/C12H16N2O/c1-8(2)10-6-4-9-5-7-11(15)14(3)12(9)13-10/h4,6,8H,5,7H2,1-3H3. The van der Waals surface area contributed by atoms with Crippen molar-refractivity contribution in [2.75, 3.05) is 11.9 Å². The summed E-state index contributed by atoms with van der Waals surface area (Å²) in [5.74, 6) is 1.41. The van der Waals surface area contributed by atoms with Crippen molar-refractivity contribution in [2.45, 2.75) is 32.6 Å². The third-order valence-electron chi connectivity index (χ3n) is 2.87. The van der Waals surface area contributed by atoms with E-state index < -0.39 is 0 Å². The SMILES string of the molecule is CC(C)c1ccc2c(n1)N(C)C(=O)CC2. The van der Waals surface area contributed by atoms with E-state index in [1.165, 1.54) is 5.56 Å². The first-order valence-corrected chi connectivity index (χ1v) is 5.36. The Morgan fingerprint density at radius 2 is 2.07 bits per heavy atom. The molecule has 1 aromatic rings. The fourth-order valence-corrected chi connectivity index (χ4v) is 1.83. The van der Waals surface area contributed by atoms with Crippen LogP contribution in [0.2, 0.25) is 0 Å². The van der Waals surface area contributed by atoms with Crippen LogP contribution in [-0.2, 0) is 11.2 Å². The molecule has 0 bridgehead atoms. The van der Waals surface area contributed by atoms with E-state index in [1.54, 1.807) is 11.9 Å². The van der Waals surface area contributed by atoms with Gasteiger partial charge in [-0.3, -0.25) is 9.69 Å². The third-order valence-corrected chi connectivity index (χ3v) is 2.87. The van der Waals surface area contributed by atoms with Gasteiger partial charge in [0.25, 0.3) is 0 Å². The van der Waals surface area contributed by atoms with Crippen molar-refractivity contribution in [2.24, 2.45) is 0 Å². The first kappa shape index (κ1) is 10.1. The highest BCUT2D eigenvalue weighted by atomic mass is 16.2. The summed E-state index contributed by atoms with van der Waals surface area (Å²) in [6.07, 6.45) is 1.43. The number of aryl methyl sites for hydroxylation is 1. The molecule has 0 aliphatic carbocycles. The van der Waals surface area contributed by atoms with Crippen LogP contribution in [0.25, 0.3) is 0 Å². The summed E-state index contributed by atoms with van der Waals surface area (Å²) >= 11 is 0. The highest BCUT2D eigenvalue weighted by molar-refractivity contribution is 5.94. The van der Waals surface area contributed by atoms with Gasteiger partial charge in [-0.1, -0.05) is 19.9 Å². The van der Waals surface area contributed by atoms with E-state index in [-0.39, 0.29) is 5.91 Å². The van der Waals surface area contributed by atoms with Crippen LogP contribution in [0.3, 0.4) is 0 Å². The lowest BCUT2D eigenvalue weighted by Crippen LogP contribution is -2.32. The molecule has 0 unspecified atom stereocenters. The van der Waals surface area contributed by atoms with Gasteiger partial charge in [0.2, 0.25) is 5.91 Å². The lowest BCUT2D eigenvalue weighted by Gasteiger charge is -2.25. The topological polar surface area (TPSA) is 33.2 Å². The lowest BCUT2D eigenvalue weighted by atomic mass is 10.0. The Kier molecular flexibility index (Phi) is 2.47. The van der Waals surface area contributed by atoms with Crippen LogP contribution >= 0.6 is 0 Å². The van der Waals surface area contributed by atoms with E-state index in [4.69, 9.17) is 0 Å². The number of hydrogen-bond donors (Lipinski definition) is 0. The molecule has 0 radical (unpaired) electrons. The van der Waals surface area contributed by atoms with Gasteiger partial charge < -0.3 is 0 Å². The number of aromatic nitrogens is 1. The zero-order chi connectivity index (χ0) is 11.0. The van der Waals surface area contributed by atoms with Gasteiger partial charge in [0.15, 0.2) is 0 Å². The quantitative estimate of drug-likeness (QED) is 0.702. The lowest BCUT2D eigenvalue weighted by molar-refractivity contribution is -0.118. The van der Waals surface area contributed by atoms with Crippen molar-refractivity contribution in [1.82, 2.24) is 4.98 Å². The van der Waals surface area contributed by atoms with E-state index >= 15 is 0 Å². The number of hydrogen-bond acceptors (Lipinski definition) is 2. The normalized spacial score (nSPS) is 15.7. The Balaban J connectivity index is 2.45. The van der Waals surface area contributed by atoms with Crippen molar-refractivity contribution in [1.29, 1.82) is 0 Å². The van der Waals surface area contributed by atoms with Crippen molar-refractivity contribution in [3.8, 4) is 0 Å². The maximum Gasteiger partial charge on any atom is 0.228 e. The number of rotatable bonds is 1. The Hall–Kier alpha value is -1.38. The van der Waals surface area contributed by atoms with E-state index in [0.29, 0.717) is 12.3 Å². The van der Waals surface area contributed by atoms with Crippen LogP contribution in [0, 0.1) is 0 Å². The molecule has 80 valence electrons. The maximum absolute atomic E-state index is 11.5. The molecule has 0 aromatic carbocycles. The van der Waals surface area contributed by atoms with Gasteiger partial charge in [0, 0.05) is 19.2 Å². The van der Waals surface area contributed by atoms with Gasteiger partial charge in [0.05, 0.1) is 0 Å². The second-order valence-corrected chi connectivity index (χ2v) is 4.33. The largest absolute Gasteiger partial charge is 0.300 e. The summed E-state index contributed by atoms with van der Waals surface area (Å²) in [4.78, 5) is 17.7. The van der Waals surface area contributed by atoms with Crippen LogP contribution in [0.15, 0.2) is 12.1 Å². The number of anilines is 1. The number of carbonyl (C=O) groups excluding carboxylic acids is 1. The Bertz CT molecular complexity index is 399. The molecule has 1 aliphatic heterocycles. The Morgan fingerprint density at radius 1 is 1.33 bits per heavy atom. The predicted octanol–water partition coefficient (Wildman–Crippen LogP) is 2.11. The van der Waals surface area contributed by atoms with Gasteiger partial charge >= 0.3 is 0 Å². The summed E-state index contributed by atoms with van der Waals surface area (Å²) in [7, 11) is 1.80. The smallest absolute Gasteiger partial charge is 0.228 e. The fraction of sp³-hybridized carbons (Fsp3) is 0.500. The van der Waals surface area contributed by atoms with Crippen molar-refractivity contribution >= 4 is 11.7 Å².